The second-order valence-corrected chi connectivity index (χ2v) is 8.41. The third kappa shape index (κ3) is 4.38. The summed E-state index contributed by atoms with van der Waals surface area (Å²) in [5, 5.41) is 5.05. The zero-order valence-electron chi connectivity index (χ0n) is 14.9. The largest absolute Gasteiger partial charge is 0.416 e. The van der Waals surface area contributed by atoms with E-state index in [2.05, 4.69) is 10.6 Å². The summed E-state index contributed by atoms with van der Waals surface area (Å²) in [6.45, 7) is 2.12. The summed E-state index contributed by atoms with van der Waals surface area (Å²) >= 11 is 0. The first kappa shape index (κ1) is 20.0. The fourth-order valence-electron chi connectivity index (χ4n) is 2.86. The Kier molecular flexibility index (Phi) is 5.24. The number of urea groups is 1. The molecule has 0 radical (unpaired) electrons. The molecular formula is C18H18F3N3O3S. The smallest absolute Gasteiger partial charge is 0.308 e. The van der Waals surface area contributed by atoms with Crippen molar-refractivity contribution >= 4 is 33.1 Å². The molecule has 2 amide bonds. The summed E-state index contributed by atoms with van der Waals surface area (Å²) in [5.41, 5.74) is 0.954. The highest BCUT2D eigenvalue weighted by Crippen LogP contribution is 2.30. The molecule has 10 heteroatoms. The van der Waals surface area contributed by atoms with Crippen LogP contribution in [-0.4, -0.2) is 26.7 Å². The molecule has 1 fully saturated rings. The van der Waals surface area contributed by atoms with E-state index in [1.807, 2.05) is 0 Å². The Hall–Kier alpha value is -2.75. The number of nitrogens with zero attached hydrogens (tertiary/aromatic N) is 1. The van der Waals surface area contributed by atoms with Crippen molar-refractivity contribution < 1.29 is 26.4 Å². The highest BCUT2D eigenvalue weighted by atomic mass is 32.2. The third-order valence-electron chi connectivity index (χ3n) is 4.33. The maximum Gasteiger partial charge on any atom is 0.416 e. The van der Waals surface area contributed by atoms with E-state index in [4.69, 9.17) is 0 Å². The fraction of sp³-hybridized carbons (Fsp3) is 0.278. The van der Waals surface area contributed by atoms with Gasteiger partial charge in [-0.05, 0) is 55.3 Å². The van der Waals surface area contributed by atoms with Crippen LogP contribution >= 0.6 is 0 Å². The molecule has 6 nitrogen and oxygen atoms in total. The monoisotopic (exact) mass is 413 g/mol. The number of rotatable bonds is 3. The highest BCUT2D eigenvalue weighted by Gasteiger charge is 2.30. The van der Waals surface area contributed by atoms with E-state index < -0.39 is 27.8 Å². The number of alkyl halides is 3. The molecule has 0 spiro atoms. The van der Waals surface area contributed by atoms with Gasteiger partial charge in [0.2, 0.25) is 10.0 Å². The van der Waals surface area contributed by atoms with E-state index >= 15 is 0 Å². The van der Waals surface area contributed by atoms with Gasteiger partial charge in [0.05, 0.1) is 17.0 Å². The molecule has 1 aliphatic rings. The predicted molar refractivity (Wildman–Crippen MR) is 101 cm³/mol. The number of amides is 2. The number of carbonyl (C=O) groups excluding carboxylic acids is 1. The molecule has 0 aromatic heterocycles. The van der Waals surface area contributed by atoms with Crippen LogP contribution in [0.25, 0.3) is 0 Å². The molecule has 150 valence electrons. The Morgan fingerprint density at radius 1 is 1.07 bits per heavy atom. The van der Waals surface area contributed by atoms with Gasteiger partial charge in [0.15, 0.2) is 0 Å². The molecule has 0 saturated carbocycles. The van der Waals surface area contributed by atoms with Crippen molar-refractivity contribution in [2.24, 2.45) is 0 Å². The van der Waals surface area contributed by atoms with Crippen LogP contribution in [0.15, 0.2) is 42.5 Å². The van der Waals surface area contributed by atoms with Crippen molar-refractivity contribution in [3.05, 3.63) is 53.6 Å². The van der Waals surface area contributed by atoms with E-state index in [9.17, 15) is 26.4 Å². The highest BCUT2D eigenvalue weighted by molar-refractivity contribution is 7.93. The average Bonchev–Trinajstić information content (AvgIpc) is 2.96. The maximum atomic E-state index is 12.6. The average molecular weight is 413 g/mol. The fourth-order valence-corrected chi connectivity index (χ4v) is 4.41. The number of sulfonamides is 1. The molecule has 2 aromatic rings. The van der Waals surface area contributed by atoms with Crippen LogP contribution < -0.4 is 14.9 Å². The number of carbonyl (C=O) groups is 1. The van der Waals surface area contributed by atoms with Gasteiger partial charge in [-0.15, -0.1) is 0 Å². The molecule has 28 heavy (non-hydrogen) atoms. The normalized spacial score (nSPS) is 16.1. The molecule has 0 unspecified atom stereocenters. The zero-order valence-corrected chi connectivity index (χ0v) is 15.7. The van der Waals surface area contributed by atoms with Gasteiger partial charge in [-0.2, -0.15) is 13.2 Å². The van der Waals surface area contributed by atoms with Crippen molar-refractivity contribution in [1.29, 1.82) is 0 Å². The number of anilines is 3. The van der Waals surface area contributed by atoms with Gasteiger partial charge in [-0.1, -0.05) is 6.07 Å². The van der Waals surface area contributed by atoms with Gasteiger partial charge >= 0.3 is 12.2 Å². The third-order valence-corrected chi connectivity index (χ3v) is 6.20. The minimum Gasteiger partial charge on any atom is -0.308 e. The lowest BCUT2D eigenvalue weighted by Gasteiger charge is -2.19. The van der Waals surface area contributed by atoms with Crippen LogP contribution in [0, 0.1) is 6.92 Å². The lowest BCUT2D eigenvalue weighted by Crippen LogP contribution is -2.25. The summed E-state index contributed by atoms with van der Waals surface area (Å²) in [6.07, 6.45) is -3.92. The number of benzene rings is 2. The molecule has 0 atom stereocenters. The standard InChI is InChI=1S/C18H18F3N3O3S/c1-12-3-8-15(24-9-2-10-28(24,26)27)11-16(12)23-17(25)22-14-6-4-13(5-7-14)18(19,20)21/h3-8,11H,2,9-10H2,1H3,(H2,22,23,25). The zero-order chi connectivity index (χ0) is 20.5. The number of hydrogen-bond acceptors (Lipinski definition) is 3. The van der Waals surface area contributed by atoms with Crippen molar-refractivity contribution in [1.82, 2.24) is 0 Å². The van der Waals surface area contributed by atoms with E-state index in [0.29, 0.717) is 29.9 Å². The number of halogens is 3. The molecule has 1 saturated heterocycles. The molecular weight excluding hydrogens is 395 g/mol. The molecule has 1 aliphatic heterocycles. The van der Waals surface area contributed by atoms with Gasteiger partial charge in [-0.3, -0.25) is 4.31 Å². The van der Waals surface area contributed by atoms with Crippen LogP contribution in [-0.2, 0) is 16.2 Å². The second kappa shape index (κ2) is 7.34. The van der Waals surface area contributed by atoms with E-state index in [1.54, 1.807) is 25.1 Å². The SMILES string of the molecule is Cc1ccc(N2CCCS2(=O)=O)cc1NC(=O)Nc1ccc(C(F)(F)F)cc1. The second-order valence-electron chi connectivity index (χ2n) is 6.40. The number of hydrogen-bond donors (Lipinski definition) is 2. The summed E-state index contributed by atoms with van der Waals surface area (Å²) in [7, 11) is -3.35. The van der Waals surface area contributed by atoms with Crippen molar-refractivity contribution in [3.63, 3.8) is 0 Å². The lowest BCUT2D eigenvalue weighted by molar-refractivity contribution is -0.137. The summed E-state index contributed by atoms with van der Waals surface area (Å²) < 4.78 is 63.2. The van der Waals surface area contributed by atoms with Gasteiger partial charge < -0.3 is 10.6 Å². The molecule has 2 N–H and O–H groups in total. The summed E-state index contributed by atoms with van der Waals surface area (Å²) in [5.74, 6) is 0.0814. The first-order valence-electron chi connectivity index (χ1n) is 8.42. The summed E-state index contributed by atoms with van der Waals surface area (Å²) in [6, 6.07) is 8.33. The van der Waals surface area contributed by atoms with Gasteiger partial charge in [-0.25, -0.2) is 13.2 Å². The quantitative estimate of drug-likeness (QED) is 0.792. The molecule has 1 heterocycles. The van der Waals surface area contributed by atoms with Crippen LogP contribution in [0.3, 0.4) is 0 Å². The topological polar surface area (TPSA) is 78.5 Å². The maximum absolute atomic E-state index is 12.6. The molecule has 3 rings (SSSR count). The Labute approximate surface area is 160 Å². The van der Waals surface area contributed by atoms with E-state index in [1.165, 1.54) is 4.31 Å². The Balaban J connectivity index is 1.73. The minimum atomic E-state index is -4.45. The van der Waals surface area contributed by atoms with E-state index in [-0.39, 0.29) is 11.4 Å². The van der Waals surface area contributed by atoms with Crippen LogP contribution in [0.5, 0.6) is 0 Å². The molecule has 0 aliphatic carbocycles. The lowest BCUT2D eigenvalue weighted by atomic mass is 10.1. The first-order chi connectivity index (χ1) is 13.1. The number of nitrogens with one attached hydrogen (secondary N) is 2. The van der Waals surface area contributed by atoms with Crippen molar-refractivity contribution in [2.45, 2.75) is 19.5 Å². The van der Waals surface area contributed by atoms with Crippen molar-refractivity contribution in [3.8, 4) is 0 Å². The molecule has 0 bridgehead atoms. The Morgan fingerprint density at radius 2 is 1.75 bits per heavy atom. The van der Waals surface area contributed by atoms with E-state index in [0.717, 1.165) is 24.3 Å². The minimum absolute atomic E-state index is 0.0814. The Morgan fingerprint density at radius 3 is 2.32 bits per heavy atom. The Bertz CT molecular complexity index is 989. The van der Waals surface area contributed by atoms with Crippen LogP contribution in [0.1, 0.15) is 17.5 Å². The summed E-state index contributed by atoms with van der Waals surface area (Å²) in [4.78, 5) is 12.2. The van der Waals surface area contributed by atoms with Gasteiger partial charge in [0, 0.05) is 17.9 Å². The number of aryl methyl sites for hydroxylation is 1. The van der Waals surface area contributed by atoms with Gasteiger partial charge in [0.25, 0.3) is 0 Å². The predicted octanol–water partition coefficient (Wildman–Crippen LogP) is 4.20. The van der Waals surface area contributed by atoms with Gasteiger partial charge in [0.1, 0.15) is 0 Å². The molecule has 2 aromatic carbocycles. The van der Waals surface area contributed by atoms with Crippen molar-refractivity contribution in [2.75, 3.05) is 27.2 Å². The van der Waals surface area contributed by atoms with Crippen LogP contribution in [0.4, 0.5) is 35.0 Å². The first-order valence-corrected chi connectivity index (χ1v) is 10.0. The van der Waals surface area contributed by atoms with Crippen LogP contribution in [0.2, 0.25) is 0 Å².